The van der Waals surface area contributed by atoms with Gasteiger partial charge in [-0.25, -0.2) is 0 Å². The molecule has 1 aromatic carbocycles. The molecule has 31 heavy (non-hydrogen) atoms. The lowest BCUT2D eigenvalue weighted by molar-refractivity contribution is -0.907. The van der Waals surface area contributed by atoms with Gasteiger partial charge in [0.2, 0.25) is 0 Å². The Hall–Kier alpha value is -3.33. The van der Waals surface area contributed by atoms with Gasteiger partial charge >= 0.3 is 17.5 Å². The van der Waals surface area contributed by atoms with Gasteiger partial charge in [-0.1, -0.05) is 0 Å². The zero-order chi connectivity index (χ0) is 22.2. The Kier molecular flexibility index (Phi) is 5.45. The van der Waals surface area contributed by atoms with E-state index in [4.69, 9.17) is 9.47 Å². The molecule has 0 spiro atoms. The molecule has 2 heterocycles. The molecular weight excluding hydrogens is 400 g/mol. The molecule has 0 bridgehead atoms. The highest BCUT2D eigenvalue weighted by Gasteiger charge is 2.30. The lowest BCUT2D eigenvalue weighted by Crippen LogP contribution is -2.40. The van der Waals surface area contributed by atoms with Crippen molar-refractivity contribution in [3.05, 3.63) is 42.2 Å². The van der Waals surface area contributed by atoms with Gasteiger partial charge in [-0.3, -0.25) is 14.7 Å². The normalized spacial score (nSPS) is 21.1. The van der Waals surface area contributed by atoms with E-state index < -0.39 is 11.5 Å². The minimum atomic E-state index is -0.604. The first-order valence-electron chi connectivity index (χ1n) is 10.2. The number of aromatic nitrogens is 3. The SMILES string of the molecule is COc1cc2nn(C3CCC(C)(O)CC3)cc2cc1NC(=O)c1cccc(OC)[n+]1O. The van der Waals surface area contributed by atoms with E-state index in [1.165, 1.54) is 20.3 Å². The molecular formula is C22H27N4O5+. The van der Waals surface area contributed by atoms with Gasteiger partial charge < -0.3 is 19.9 Å². The number of carbonyl (C=O) groups excluding carboxylic acids is 1. The molecule has 4 rings (SSSR count). The zero-order valence-corrected chi connectivity index (χ0v) is 17.8. The Morgan fingerprint density at radius 1 is 1.26 bits per heavy atom. The quantitative estimate of drug-likeness (QED) is 0.427. The second kappa shape index (κ2) is 8.07. The summed E-state index contributed by atoms with van der Waals surface area (Å²) in [5, 5.41) is 28.7. The third-order valence-corrected chi connectivity index (χ3v) is 5.87. The van der Waals surface area contributed by atoms with Crippen LogP contribution < -0.4 is 19.5 Å². The number of ether oxygens (including phenoxy) is 2. The average molecular weight is 427 g/mol. The molecule has 164 valence electrons. The highest BCUT2D eigenvalue weighted by atomic mass is 16.5. The fourth-order valence-corrected chi connectivity index (χ4v) is 4.01. The maximum atomic E-state index is 12.8. The lowest BCUT2D eigenvalue weighted by Gasteiger charge is -2.33. The predicted octanol–water partition coefficient (Wildman–Crippen LogP) is 2.70. The van der Waals surface area contributed by atoms with Crippen molar-refractivity contribution in [2.45, 2.75) is 44.2 Å². The van der Waals surface area contributed by atoms with E-state index >= 15 is 0 Å². The Labute approximate surface area is 179 Å². The van der Waals surface area contributed by atoms with Crippen LogP contribution in [0.3, 0.4) is 0 Å². The molecule has 0 unspecified atom stereocenters. The van der Waals surface area contributed by atoms with Gasteiger partial charge in [-0.15, -0.1) is 0 Å². The Morgan fingerprint density at radius 3 is 2.68 bits per heavy atom. The maximum absolute atomic E-state index is 12.8. The van der Waals surface area contributed by atoms with Gasteiger partial charge in [0.1, 0.15) is 5.75 Å². The maximum Gasteiger partial charge on any atom is 0.417 e. The van der Waals surface area contributed by atoms with Gasteiger partial charge in [0.25, 0.3) is 0 Å². The van der Waals surface area contributed by atoms with Crippen molar-refractivity contribution in [2.24, 2.45) is 0 Å². The first-order valence-corrected chi connectivity index (χ1v) is 10.2. The number of hydrogen-bond acceptors (Lipinski definition) is 6. The number of fused-ring (bicyclic) bond motifs is 1. The second-order valence-corrected chi connectivity index (χ2v) is 8.17. The monoisotopic (exact) mass is 427 g/mol. The number of amides is 1. The molecule has 1 aliphatic carbocycles. The van der Waals surface area contributed by atoms with E-state index in [1.807, 2.05) is 17.8 Å². The average Bonchev–Trinajstić information content (AvgIpc) is 3.15. The zero-order valence-electron chi connectivity index (χ0n) is 17.8. The summed E-state index contributed by atoms with van der Waals surface area (Å²) >= 11 is 0. The van der Waals surface area contributed by atoms with Crippen molar-refractivity contribution < 1.29 is 29.3 Å². The van der Waals surface area contributed by atoms with Gasteiger partial charge in [-0.05, 0) is 44.7 Å². The van der Waals surface area contributed by atoms with E-state index in [0.29, 0.717) is 16.2 Å². The molecule has 1 fully saturated rings. The third kappa shape index (κ3) is 4.13. The predicted molar refractivity (Wildman–Crippen MR) is 113 cm³/mol. The molecule has 0 aliphatic heterocycles. The van der Waals surface area contributed by atoms with Crippen LogP contribution in [0.25, 0.3) is 10.9 Å². The first kappa shape index (κ1) is 20.9. The second-order valence-electron chi connectivity index (χ2n) is 8.17. The summed E-state index contributed by atoms with van der Waals surface area (Å²) in [7, 11) is 2.93. The summed E-state index contributed by atoms with van der Waals surface area (Å²) in [6.45, 7) is 1.88. The molecule has 0 saturated heterocycles. The molecule has 0 radical (unpaired) electrons. The van der Waals surface area contributed by atoms with Crippen LogP contribution in [-0.4, -0.2) is 45.8 Å². The number of nitrogens with zero attached hydrogens (tertiary/aromatic N) is 3. The lowest BCUT2D eigenvalue weighted by atomic mass is 9.84. The van der Waals surface area contributed by atoms with Gasteiger partial charge in [-0.2, -0.15) is 5.10 Å². The summed E-state index contributed by atoms with van der Waals surface area (Å²) < 4.78 is 13.1. The van der Waals surface area contributed by atoms with Crippen molar-refractivity contribution >= 4 is 22.5 Å². The van der Waals surface area contributed by atoms with Crippen LogP contribution in [-0.2, 0) is 0 Å². The number of aliphatic hydroxyl groups is 1. The molecule has 1 aliphatic rings. The molecule has 2 aromatic heterocycles. The van der Waals surface area contributed by atoms with Crippen molar-refractivity contribution in [1.29, 1.82) is 0 Å². The molecule has 9 heteroatoms. The third-order valence-electron chi connectivity index (χ3n) is 5.87. The fourth-order valence-electron chi connectivity index (χ4n) is 4.01. The summed E-state index contributed by atoms with van der Waals surface area (Å²) in [5.41, 5.74) is 0.638. The van der Waals surface area contributed by atoms with E-state index in [-0.39, 0.29) is 17.6 Å². The highest BCUT2D eigenvalue weighted by Crippen LogP contribution is 2.36. The number of rotatable bonds is 5. The van der Waals surface area contributed by atoms with E-state index in [2.05, 4.69) is 10.4 Å². The summed E-state index contributed by atoms with van der Waals surface area (Å²) in [5.74, 6) is 0.0915. The van der Waals surface area contributed by atoms with Crippen molar-refractivity contribution in [3.8, 4) is 11.6 Å². The van der Waals surface area contributed by atoms with E-state index in [1.54, 1.807) is 24.3 Å². The number of hydrogen-bond donors (Lipinski definition) is 3. The van der Waals surface area contributed by atoms with Crippen molar-refractivity contribution in [2.75, 3.05) is 19.5 Å². The van der Waals surface area contributed by atoms with Crippen molar-refractivity contribution in [1.82, 2.24) is 9.78 Å². The van der Waals surface area contributed by atoms with E-state index in [0.717, 1.165) is 36.6 Å². The Balaban J connectivity index is 1.62. The van der Waals surface area contributed by atoms with Gasteiger partial charge in [0.15, 0.2) is 0 Å². The van der Waals surface area contributed by atoms with Gasteiger partial charge in [0.05, 0.1) is 47.9 Å². The minimum Gasteiger partial charge on any atom is -0.494 e. The smallest absolute Gasteiger partial charge is 0.417 e. The van der Waals surface area contributed by atoms with Crippen LogP contribution in [0.1, 0.15) is 49.1 Å². The minimum absolute atomic E-state index is 0.0199. The molecule has 3 aromatic rings. The molecule has 1 amide bonds. The van der Waals surface area contributed by atoms with Crippen LogP contribution >= 0.6 is 0 Å². The summed E-state index contributed by atoms with van der Waals surface area (Å²) in [4.78, 5) is 12.8. The van der Waals surface area contributed by atoms with Crippen LogP contribution in [0.5, 0.6) is 11.6 Å². The van der Waals surface area contributed by atoms with Crippen LogP contribution in [0.15, 0.2) is 36.5 Å². The van der Waals surface area contributed by atoms with Crippen LogP contribution in [0.4, 0.5) is 5.69 Å². The molecule has 1 saturated carbocycles. The topological polar surface area (TPSA) is 110 Å². The number of anilines is 1. The van der Waals surface area contributed by atoms with E-state index in [9.17, 15) is 15.1 Å². The molecule has 9 nitrogen and oxygen atoms in total. The number of methoxy groups -OCH3 is 2. The van der Waals surface area contributed by atoms with Crippen molar-refractivity contribution in [3.63, 3.8) is 0 Å². The molecule has 3 N–H and O–H groups in total. The number of pyridine rings is 1. The summed E-state index contributed by atoms with van der Waals surface area (Å²) in [6, 6.07) is 8.45. The van der Waals surface area contributed by atoms with Crippen LogP contribution in [0, 0.1) is 0 Å². The summed E-state index contributed by atoms with van der Waals surface area (Å²) in [6.07, 6.45) is 5.13. The Bertz CT molecular complexity index is 1110. The number of benzene rings is 1. The number of nitrogens with one attached hydrogen (secondary N) is 1. The largest absolute Gasteiger partial charge is 0.494 e. The van der Waals surface area contributed by atoms with Gasteiger partial charge in [0, 0.05) is 23.7 Å². The first-order chi connectivity index (χ1) is 14.8. The molecule has 0 atom stereocenters. The standard InChI is InChI=1S/C22H26N4O5/c1-22(28)9-7-15(8-10-22)25-13-14-11-17(19(30-2)12-16(14)24-25)23-21(27)18-5-4-6-20(31-3)26(18)29/h4-6,11-13,15,28H,7-10H2,1-3H3,(H-,23,27,29)/p+1. The number of carbonyl (C=O) groups is 1. The van der Waals surface area contributed by atoms with Crippen LogP contribution in [0.2, 0.25) is 0 Å². The fraction of sp³-hybridized carbons (Fsp3) is 0.409. The highest BCUT2D eigenvalue weighted by molar-refractivity contribution is 6.04. The Morgan fingerprint density at radius 2 is 2.00 bits per heavy atom.